The predicted molar refractivity (Wildman–Crippen MR) is 106 cm³/mol. The molecule has 0 aliphatic carbocycles. The van der Waals surface area contributed by atoms with E-state index in [1.54, 1.807) is 12.1 Å². The number of anilines is 2. The molecule has 0 bridgehead atoms. The summed E-state index contributed by atoms with van der Waals surface area (Å²) in [7, 11) is 0. The fraction of sp³-hybridized carbons (Fsp3) is 0.125. The van der Waals surface area contributed by atoms with Crippen LogP contribution < -0.4 is 21.5 Å². The van der Waals surface area contributed by atoms with Gasteiger partial charge >= 0.3 is 0 Å². The first-order valence-corrected chi connectivity index (χ1v) is 8.10. The Labute approximate surface area is 151 Å². The van der Waals surface area contributed by atoms with Crippen molar-refractivity contribution >= 4 is 57.6 Å². The van der Waals surface area contributed by atoms with Crippen LogP contribution in [0.3, 0.4) is 0 Å². The van der Waals surface area contributed by atoms with Crippen molar-refractivity contribution in [3.63, 3.8) is 0 Å². The van der Waals surface area contributed by atoms with Crippen molar-refractivity contribution < 1.29 is 0 Å². The number of halogens is 1. The molecule has 120 valence electrons. The number of nitrogens with one attached hydrogen (secondary N) is 4. The van der Waals surface area contributed by atoms with Crippen molar-refractivity contribution in [1.29, 1.82) is 0 Å². The van der Waals surface area contributed by atoms with E-state index in [2.05, 4.69) is 35.3 Å². The molecule has 0 aliphatic heterocycles. The third-order valence-corrected chi connectivity index (χ3v) is 3.82. The van der Waals surface area contributed by atoms with Gasteiger partial charge in [0.15, 0.2) is 10.2 Å². The number of thiocarbonyl (C=S) groups is 2. The zero-order chi connectivity index (χ0) is 16.8. The molecule has 4 nitrogen and oxygen atoms in total. The standard InChI is InChI=1S/C16H17ClN4S2/c1-10-3-6-14(9-11(10)2)19-16(23)21-20-15(22)18-13-7-4-12(17)5-8-13/h3-9H,1-2H3,(H2,18,20,22)(H2,19,21,23). The maximum Gasteiger partial charge on any atom is 0.189 e. The van der Waals surface area contributed by atoms with E-state index in [1.165, 1.54) is 11.1 Å². The molecule has 23 heavy (non-hydrogen) atoms. The van der Waals surface area contributed by atoms with Crippen LogP contribution in [0.4, 0.5) is 11.4 Å². The first-order chi connectivity index (χ1) is 10.9. The Morgan fingerprint density at radius 2 is 1.30 bits per heavy atom. The summed E-state index contributed by atoms with van der Waals surface area (Å²) >= 11 is 16.2. The SMILES string of the molecule is Cc1ccc(NC(=S)NNC(=S)Nc2ccc(Cl)cc2)cc1C. The maximum atomic E-state index is 5.83. The molecule has 0 fully saturated rings. The number of hydrazine groups is 1. The predicted octanol–water partition coefficient (Wildman–Crippen LogP) is 4.14. The number of hydrogen-bond donors (Lipinski definition) is 4. The van der Waals surface area contributed by atoms with Crippen molar-refractivity contribution in [2.75, 3.05) is 10.6 Å². The van der Waals surface area contributed by atoms with Crippen LogP contribution in [0.1, 0.15) is 11.1 Å². The van der Waals surface area contributed by atoms with Crippen LogP contribution in [0.2, 0.25) is 5.02 Å². The summed E-state index contributed by atoms with van der Waals surface area (Å²) in [5, 5.41) is 7.60. The quantitative estimate of drug-likeness (QED) is 0.474. The molecule has 0 aliphatic rings. The Bertz CT molecular complexity index is 717. The molecule has 0 radical (unpaired) electrons. The lowest BCUT2D eigenvalue weighted by atomic mass is 10.1. The van der Waals surface area contributed by atoms with Crippen LogP contribution in [0.15, 0.2) is 42.5 Å². The first-order valence-electron chi connectivity index (χ1n) is 6.91. The molecule has 0 unspecified atom stereocenters. The maximum absolute atomic E-state index is 5.83. The Morgan fingerprint density at radius 1 is 0.783 bits per heavy atom. The first kappa shape index (κ1) is 17.5. The average molecular weight is 365 g/mol. The monoisotopic (exact) mass is 364 g/mol. The number of hydrogen-bond acceptors (Lipinski definition) is 2. The summed E-state index contributed by atoms with van der Waals surface area (Å²) in [6.45, 7) is 4.12. The van der Waals surface area contributed by atoms with Gasteiger partial charge in [-0.1, -0.05) is 17.7 Å². The Kier molecular flexibility index (Phi) is 6.15. The highest BCUT2D eigenvalue weighted by molar-refractivity contribution is 7.81. The summed E-state index contributed by atoms with van der Waals surface area (Å²) in [5.74, 6) is 0. The van der Waals surface area contributed by atoms with Crippen molar-refractivity contribution in [2.45, 2.75) is 13.8 Å². The van der Waals surface area contributed by atoms with Crippen LogP contribution in [0, 0.1) is 13.8 Å². The molecule has 4 N–H and O–H groups in total. The fourth-order valence-corrected chi connectivity index (χ4v) is 2.25. The third-order valence-electron chi connectivity index (χ3n) is 3.16. The molecule has 0 saturated heterocycles. The van der Waals surface area contributed by atoms with Crippen LogP contribution >= 0.6 is 36.0 Å². The number of aryl methyl sites for hydroxylation is 2. The molecule has 2 aromatic rings. The molecular weight excluding hydrogens is 348 g/mol. The van der Waals surface area contributed by atoms with Gasteiger partial charge in [0.2, 0.25) is 0 Å². The van der Waals surface area contributed by atoms with E-state index in [0.29, 0.717) is 15.2 Å². The van der Waals surface area contributed by atoms with Crippen LogP contribution in [0.25, 0.3) is 0 Å². The Morgan fingerprint density at radius 3 is 1.87 bits per heavy atom. The minimum Gasteiger partial charge on any atom is -0.331 e. The highest BCUT2D eigenvalue weighted by Gasteiger charge is 2.01. The molecule has 0 aromatic heterocycles. The van der Waals surface area contributed by atoms with Crippen molar-refractivity contribution in [1.82, 2.24) is 10.9 Å². The van der Waals surface area contributed by atoms with Gasteiger partial charge in [-0.3, -0.25) is 10.9 Å². The van der Waals surface area contributed by atoms with Gasteiger partial charge < -0.3 is 10.6 Å². The van der Waals surface area contributed by atoms with Crippen LogP contribution in [-0.2, 0) is 0 Å². The van der Waals surface area contributed by atoms with E-state index in [0.717, 1.165) is 11.4 Å². The zero-order valence-corrected chi connectivity index (χ0v) is 15.1. The van der Waals surface area contributed by atoms with Gasteiger partial charge in [0.1, 0.15) is 0 Å². The van der Waals surface area contributed by atoms with Crippen molar-refractivity contribution in [3.8, 4) is 0 Å². The molecule has 0 amide bonds. The summed E-state index contributed by atoms with van der Waals surface area (Å²) in [6, 6.07) is 13.3. The van der Waals surface area contributed by atoms with E-state index in [4.69, 9.17) is 36.0 Å². The summed E-state index contributed by atoms with van der Waals surface area (Å²) < 4.78 is 0. The lowest BCUT2D eigenvalue weighted by molar-refractivity contribution is 0.885. The topological polar surface area (TPSA) is 48.1 Å². The van der Waals surface area contributed by atoms with Gasteiger partial charge in [0.05, 0.1) is 0 Å². The van der Waals surface area contributed by atoms with E-state index < -0.39 is 0 Å². The second kappa shape index (κ2) is 8.10. The number of rotatable bonds is 2. The molecule has 7 heteroatoms. The van der Waals surface area contributed by atoms with Crippen LogP contribution in [-0.4, -0.2) is 10.2 Å². The largest absolute Gasteiger partial charge is 0.331 e. The fourth-order valence-electron chi connectivity index (χ4n) is 1.79. The van der Waals surface area contributed by atoms with E-state index >= 15 is 0 Å². The van der Waals surface area contributed by atoms with E-state index in [9.17, 15) is 0 Å². The third kappa shape index (κ3) is 5.67. The summed E-state index contributed by atoms with van der Waals surface area (Å²) in [5.41, 5.74) is 9.85. The Hall–Kier alpha value is -1.89. The average Bonchev–Trinajstić information content (AvgIpc) is 2.51. The molecule has 2 aromatic carbocycles. The van der Waals surface area contributed by atoms with Crippen molar-refractivity contribution in [2.24, 2.45) is 0 Å². The second-order valence-corrected chi connectivity index (χ2v) is 6.22. The van der Waals surface area contributed by atoms with Gasteiger partial charge in [0, 0.05) is 16.4 Å². The van der Waals surface area contributed by atoms with Crippen LogP contribution in [0.5, 0.6) is 0 Å². The number of benzene rings is 2. The highest BCUT2D eigenvalue weighted by atomic mass is 35.5. The van der Waals surface area contributed by atoms with Gasteiger partial charge in [-0.25, -0.2) is 0 Å². The van der Waals surface area contributed by atoms with Gasteiger partial charge in [0.25, 0.3) is 0 Å². The van der Waals surface area contributed by atoms with Gasteiger partial charge in [-0.05, 0) is 85.8 Å². The molecular formula is C16H17ClN4S2. The van der Waals surface area contributed by atoms with Crippen molar-refractivity contribution in [3.05, 3.63) is 58.6 Å². The zero-order valence-electron chi connectivity index (χ0n) is 12.7. The summed E-state index contributed by atoms with van der Waals surface area (Å²) in [6.07, 6.45) is 0. The highest BCUT2D eigenvalue weighted by Crippen LogP contribution is 2.14. The molecule has 2 rings (SSSR count). The lowest BCUT2D eigenvalue weighted by Crippen LogP contribution is -2.45. The molecule has 0 saturated carbocycles. The minimum absolute atomic E-state index is 0.400. The minimum atomic E-state index is 0.400. The second-order valence-electron chi connectivity index (χ2n) is 4.96. The molecule has 0 atom stereocenters. The smallest absolute Gasteiger partial charge is 0.189 e. The Balaban J connectivity index is 1.80. The van der Waals surface area contributed by atoms with Gasteiger partial charge in [-0.15, -0.1) is 0 Å². The molecule has 0 heterocycles. The van der Waals surface area contributed by atoms with Gasteiger partial charge in [-0.2, -0.15) is 0 Å². The normalized spacial score (nSPS) is 9.87. The van der Waals surface area contributed by atoms with E-state index in [1.807, 2.05) is 30.3 Å². The summed E-state index contributed by atoms with van der Waals surface area (Å²) in [4.78, 5) is 0. The molecule has 0 spiro atoms. The lowest BCUT2D eigenvalue weighted by Gasteiger charge is -2.15. The van der Waals surface area contributed by atoms with E-state index in [-0.39, 0.29) is 0 Å².